The van der Waals surface area contributed by atoms with Crippen LogP contribution in [0, 0.1) is 17.8 Å². The molecular weight excluding hydrogens is 364 g/mol. The highest BCUT2D eigenvalue weighted by molar-refractivity contribution is 5.89. The highest BCUT2D eigenvalue weighted by Crippen LogP contribution is 2.62. The molecule has 0 spiro atoms. The van der Waals surface area contributed by atoms with Crippen molar-refractivity contribution in [1.29, 1.82) is 0 Å². The third-order valence-electron chi connectivity index (χ3n) is 5.45. The number of carboxylic acid groups (broad SMARTS) is 2. The van der Waals surface area contributed by atoms with Gasteiger partial charge in [0, 0.05) is 18.5 Å². The SMILES string of the molecule is CC(C)(C)OC(=O)NC1(C(=O)O)CC(NCc2ccccc2)C2C1[C@H]2C(=O)O. The van der Waals surface area contributed by atoms with E-state index in [1.165, 1.54) is 0 Å². The Kier molecular flexibility index (Phi) is 5.10. The Labute approximate surface area is 163 Å². The summed E-state index contributed by atoms with van der Waals surface area (Å²) in [5, 5.41) is 25.2. The van der Waals surface area contributed by atoms with E-state index in [9.17, 15) is 24.6 Å². The summed E-state index contributed by atoms with van der Waals surface area (Å²) >= 11 is 0. The van der Waals surface area contributed by atoms with E-state index in [1.807, 2.05) is 30.3 Å². The van der Waals surface area contributed by atoms with Crippen LogP contribution >= 0.6 is 0 Å². The van der Waals surface area contributed by atoms with Gasteiger partial charge in [-0.25, -0.2) is 9.59 Å². The lowest BCUT2D eigenvalue weighted by molar-refractivity contribution is -0.147. The molecule has 2 aliphatic rings. The molecule has 0 aromatic heterocycles. The van der Waals surface area contributed by atoms with Crippen LogP contribution in [0.2, 0.25) is 0 Å². The van der Waals surface area contributed by atoms with Crippen LogP contribution in [0.3, 0.4) is 0 Å². The smallest absolute Gasteiger partial charge is 0.408 e. The molecule has 0 saturated heterocycles. The molecule has 2 saturated carbocycles. The molecule has 0 aliphatic heterocycles. The zero-order valence-corrected chi connectivity index (χ0v) is 16.1. The van der Waals surface area contributed by atoms with Gasteiger partial charge < -0.3 is 25.6 Å². The van der Waals surface area contributed by atoms with Gasteiger partial charge in [-0.2, -0.15) is 0 Å². The molecule has 4 N–H and O–H groups in total. The van der Waals surface area contributed by atoms with Crippen molar-refractivity contribution in [3.8, 4) is 0 Å². The summed E-state index contributed by atoms with van der Waals surface area (Å²) in [5.41, 5.74) is -1.44. The predicted octanol–water partition coefficient (Wildman–Crippen LogP) is 1.84. The van der Waals surface area contributed by atoms with Gasteiger partial charge >= 0.3 is 18.0 Å². The second-order valence-electron chi connectivity index (χ2n) is 8.55. The van der Waals surface area contributed by atoms with Crippen molar-refractivity contribution in [2.75, 3.05) is 0 Å². The van der Waals surface area contributed by atoms with Crippen LogP contribution in [0.25, 0.3) is 0 Å². The molecule has 0 bridgehead atoms. The lowest BCUT2D eigenvalue weighted by Gasteiger charge is -2.31. The molecular formula is C20H26N2O6. The number of rotatable bonds is 6. The first-order valence-electron chi connectivity index (χ1n) is 9.30. The molecule has 2 fully saturated rings. The standard InChI is InChI=1S/C20H26N2O6/c1-19(2,3)28-18(27)22-20(17(25)26)9-12(13-14(15(13)20)16(23)24)21-10-11-7-5-4-6-8-11/h4-8,12-15,21H,9-10H2,1-3H3,(H,22,27)(H,23,24)(H,25,26)/t12?,13?,14-,15?,20?/m0/s1. The molecule has 1 amide bonds. The predicted molar refractivity (Wildman–Crippen MR) is 99.5 cm³/mol. The fraction of sp³-hybridized carbons (Fsp3) is 0.550. The van der Waals surface area contributed by atoms with Crippen LogP contribution in [0.1, 0.15) is 32.8 Å². The number of carbonyl (C=O) groups is 3. The second kappa shape index (κ2) is 7.09. The molecule has 4 unspecified atom stereocenters. The molecule has 28 heavy (non-hydrogen) atoms. The molecule has 5 atom stereocenters. The van der Waals surface area contributed by atoms with Gasteiger partial charge in [0.25, 0.3) is 0 Å². The summed E-state index contributed by atoms with van der Waals surface area (Å²) in [6, 6.07) is 9.23. The van der Waals surface area contributed by atoms with Crippen molar-refractivity contribution in [2.24, 2.45) is 17.8 Å². The van der Waals surface area contributed by atoms with Crippen LogP contribution in [-0.4, -0.2) is 45.4 Å². The Bertz CT molecular complexity index is 775. The van der Waals surface area contributed by atoms with E-state index in [1.54, 1.807) is 20.8 Å². The van der Waals surface area contributed by atoms with E-state index in [2.05, 4.69) is 10.6 Å². The Morgan fingerprint density at radius 2 is 1.82 bits per heavy atom. The lowest BCUT2D eigenvalue weighted by Crippen LogP contribution is -2.58. The number of aliphatic carboxylic acids is 2. The number of nitrogens with one attached hydrogen (secondary N) is 2. The van der Waals surface area contributed by atoms with Crippen LogP contribution in [0.15, 0.2) is 30.3 Å². The first kappa shape index (κ1) is 20.1. The van der Waals surface area contributed by atoms with Gasteiger partial charge in [-0.1, -0.05) is 30.3 Å². The molecule has 1 aromatic carbocycles. The topological polar surface area (TPSA) is 125 Å². The monoisotopic (exact) mass is 390 g/mol. The minimum Gasteiger partial charge on any atom is -0.481 e. The largest absolute Gasteiger partial charge is 0.481 e. The number of fused-ring (bicyclic) bond motifs is 1. The maximum atomic E-state index is 12.3. The molecule has 8 nitrogen and oxygen atoms in total. The summed E-state index contributed by atoms with van der Waals surface area (Å²) in [7, 11) is 0. The Morgan fingerprint density at radius 3 is 2.36 bits per heavy atom. The number of alkyl carbamates (subject to hydrolysis) is 1. The Balaban J connectivity index is 1.79. The molecule has 8 heteroatoms. The average Bonchev–Trinajstić information content (AvgIpc) is 3.25. The number of ether oxygens (including phenoxy) is 1. The number of hydrogen-bond donors (Lipinski definition) is 4. The number of carboxylic acids is 2. The van der Waals surface area contributed by atoms with Crippen molar-refractivity contribution in [1.82, 2.24) is 10.6 Å². The molecule has 0 heterocycles. The van der Waals surface area contributed by atoms with E-state index in [4.69, 9.17) is 4.74 Å². The van der Waals surface area contributed by atoms with Gasteiger partial charge in [-0.15, -0.1) is 0 Å². The van der Waals surface area contributed by atoms with Gasteiger partial charge in [-0.3, -0.25) is 4.79 Å². The van der Waals surface area contributed by atoms with Crippen molar-refractivity contribution in [3.05, 3.63) is 35.9 Å². The Hall–Kier alpha value is -2.61. The van der Waals surface area contributed by atoms with Gasteiger partial charge in [0.05, 0.1) is 5.92 Å². The first-order valence-corrected chi connectivity index (χ1v) is 9.30. The third-order valence-corrected chi connectivity index (χ3v) is 5.45. The average molecular weight is 390 g/mol. The highest BCUT2D eigenvalue weighted by atomic mass is 16.6. The second-order valence-corrected chi connectivity index (χ2v) is 8.55. The number of hydrogen-bond acceptors (Lipinski definition) is 5. The maximum Gasteiger partial charge on any atom is 0.408 e. The summed E-state index contributed by atoms with van der Waals surface area (Å²) in [6.07, 6.45) is -0.749. The van der Waals surface area contributed by atoms with Gasteiger partial charge in [0.1, 0.15) is 11.1 Å². The van der Waals surface area contributed by atoms with Gasteiger partial charge in [-0.05, 0) is 38.7 Å². The lowest BCUT2D eigenvalue weighted by atomic mass is 9.89. The summed E-state index contributed by atoms with van der Waals surface area (Å²) < 4.78 is 5.22. The van der Waals surface area contributed by atoms with E-state index >= 15 is 0 Å². The minimum atomic E-state index is -1.66. The summed E-state index contributed by atoms with van der Waals surface area (Å²) in [4.78, 5) is 36.1. The van der Waals surface area contributed by atoms with Crippen molar-refractivity contribution in [2.45, 2.75) is 50.9 Å². The molecule has 1 aromatic rings. The number of amides is 1. The maximum absolute atomic E-state index is 12.3. The first-order chi connectivity index (χ1) is 13.0. The van der Waals surface area contributed by atoms with Crippen LogP contribution < -0.4 is 10.6 Å². The van der Waals surface area contributed by atoms with Crippen molar-refractivity contribution < 1.29 is 29.3 Å². The van der Waals surface area contributed by atoms with Gasteiger partial charge in [0.15, 0.2) is 0 Å². The van der Waals surface area contributed by atoms with E-state index in [0.717, 1.165) is 5.56 Å². The Morgan fingerprint density at radius 1 is 1.18 bits per heavy atom. The van der Waals surface area contributed by atoms with E-state index in [-0.39, 0.29) is 18.4 Å². The van der Waals surface area contributed by atoms with Crippen LogP contribution in [-0.2, 0) is 20.9 Å². The fourth-order valence-corrected chi connectivity index (χ4v) is 4.36. The molecule has 2 aliphatic carbocycles. The van der Waals surface area contributed by atoms with E-state index < -0.39 is 41.0 Å². The quantitative estimate of drug-likeness (QED) is 0.584. The van der Waals surface area contributed by atoms with Crippen molar-refractivity contribution >= 4 is 18.0 Å². The zero-order valence-electron chi connectivity index (χ0n) is 16.1. The zero-order chi connectivity index (χ0) is 20.7. The molecule has 3 rings (SSSR count). The fourth-order valence-electron chi connectivity index (χ4n) is 4.36. The van der Waals surface area contributed by atoms with E-state index in [0.29, 0.717) is 6.54 Å². The normalized spacial score (nSPS) is 31.0. The summed E-state index contributed by atoms with van der Waals surface area (Å²) in [5.74, 6) is -4.12. The van der Waals surface area contributed by atoms with Crippen molar-refractivity contribution in [3.63, 3.8) is 0 Å². The van der Waals surface area contributed by atoms with Crippen LogP contribution in [0.5, 0.6) is 0 Å². The number of benzene rings is 1. The molecule has 0 radical (unpaired) electrons. The molecule has 152 valence electrons. The van der Waals surface area contributed by atoms with Crippen LogP contribution in [0.4, 0.5) is 4.79 Å². The van der Waals surface area contributed by atoms with Gasteiger partial charge in [0.2, 0.25) is 0 Å². The highest BCUT2D eigenvalue weighted by Gasteiger charge is 2.75. The number of carbonyl (C=O) groups excluding carboxylic acids is 1. The summed E-state index contributed by atoms with van der Waals surface area (Å²) in [6.45, 7) is 5.53. The third kappa shape index (κ3) is 3.82. The minimum absolute atomic E-state index is 0.105.